The van der Waals surface area contributed by atoms with E-state index in [-0.39, 0.29) is 38.7 Å². The number of rotatable bonds is 11. The van der Waals surface area contributed by atoms with Gasteiger partial charge in [-0.15, -0.1) is 12.4 Å². The lowest BCUT2D eigenvalue weighted by molar-refractivity contribution is 0.309. The Kier molecular flexibility index (Phi) is 11.6. The third kappa shape index (κ3) is 11.1. The zero-order valence-corrected chi connectivity index (χ0v) is 22.1. The van der Waals surface area contributed by atoms with Crippen molar-refractivity contribution in [2.75, 3.05) is 43.7 Å². The van der Waals surface area contributed by atoms with Crippen molar-refractivity contribution in [3.8, 4) is 0 Å². The van der Waals surface area contributed by atoms with E-state index in [0.717, 1.165) is 22.7 Å². The van der Waals surface area contributed by atoms with Gasteiger partial charge in [-0.3, -0.25) is 13.4 Å². The van der Waals surface area contributed by atoms with Crippen molar-refractivity contribution in [1.29, 1.82) is 0 Å². The van der Waals surface area contributed by atoms with Crippen LogP contribution < -0.4 is 4.90 Å². The summed E-state index contributed by atoms with van der Waals surface area (Å²) in [7, 11) is -7.20. The maximum absolute atomic E-state index is 11.2. The minimum atomic E-state index is -3.60. The zero-order chi connectivity index (χ0) is 23.1. The van der Waals surface area contributed by atoms with Gasteiger partial charge in [-0.05, 0) is 36.4 Å². The van der Waals surface area contributed by atoms with Gasteiger partial charge in [0.1, 0.15) is 0 Å². The summed E-state index contributed by atoms with van der Waals surface area (Å²) in [5.41, 5.74) is 2.09. The third-order valence-corrected chi connectivity index (χ3v) is 5.84. The number of nitrogens with zero attached hydrogens (tertiary/aromatic N) is 2. The predicted molar refractivity (Wildman–Crippen MR) is 134 cm³/mol. The molecule has 0 radical (unpaired) electrons. The lowest BCUT2D eigenvalue weighted by Gasteiger charge is -2.24. The Hall–Kier alpha value is -1.21. The summed E-state index contributed by atoms with van der Waals surface area (Å²) in [6.07, 6.45) is 3.55. The highest BCUT2D eigenvalue weighted by Gasteiger charge is 2.12. The first-order valence-electron chi connectivity index (χ1n) is 8.96. The smallest absolute Gasteiger partial charge is 0.264 e. The van der Waals surface area contributed by atoms with E-state index in [1.807, 2.05) is 24.3 Å². The quantitative estimate of drug-likeness (QED) is 0.288. The van der Waals surface area contributed by atoms with E-state index in [2.05, 4.69) is 20.9 Å². The summed E-state index contributed by atoms with van der Waals surface area (Å²) in [4.78, 5) is 6.12. The molecule has 0 aliphatic carbocycles. The van der Waals surface area contributed by atoms with Gasteiger partial charge in [-0.25, -0.2) is 0 Å². The van der Waals surface area contributed by atoms with E-state index in [4.69, 9.17) is 20.0 Å². The van der Waals surface area contributed by atoms with Crippen molar-refractivity contribution in [3.63, 3.8) is 0 Å². The summed E-state index contributed by atoms with van der Waals surface area (Å²) < 4.78 is 55.4. The van der Waals surface area contributed by atoms with Crippen LogP contribution in [0.4, 0.5) is 11.4 Å². The van der Waals surface area contributed by atoms with Gasteiger partial charge in [-0.2, -0.15) is 16.8 Å². The number of benzene rings is 2. The van der Waals surface area contributed by atoms with Gasteiger partial charge < -0.3 is 4.90 Å². The van der Waals surface area contributed by atoms with Crippen molar-refractivity contribution in [2.45, 2.75) is 0 Å². The molecule has 2 rings (SSSR count). The molecule has 0 spiro atoms. The molecule has 0 heterocycles. The van der Waals surface area contributed by atoms with Crippen molar-refractivity contribution in [1.82, 2.24) is 0 Å². The molecule has 0 atom stereocenters. The normalized spacial score (nSPS) is 12.0. The molecule has 0 amide bonds. The number of hydrogen-bond acceptors (Lipinski definition) is 8. The first kappa shape index (κ1) is 28.8. The Morgan fingerprint density at radius 2 is 1.59 bits per heavy atom. The fourth-order valence-corrected chi connectivity index (χ4v) is 3.85. The lowest BCUT2D eigenvalue weighted by atomic mass is 10.2. The van der Waals surface area contributed by atoms with Crippen molar-refractivity contribution in [2.24, 2.45) is 4.99 Å². The fourth-order valence-electron chi connectivity index (χ4n) is 2.49. The van der Waals surface area contributed by atoms with Crippen LogP contribution in [0.1, 0.15) is 5.56 Å². The number of hydrogen-bond donors (Lipinski definition) is 0. The predicted octanol–water partition coefficient (Wildman–Crippen LogP) is 4.03. The van der Waals surface area contributed by atoms with Gasteiger partial charge in [0.25, 0.3) is 20.2 Å². The van der Waals surface area contributed by atoms with E-state index in [1.165, 1.54) is 0 Å². The van der Waals surface area contributed by atoms with E-state index >= 15 is 0 Å². The summed E-state index contributed by atoms with van der Waals surface area (Å²) in [6, 6.07) is 12.7. The zero-order valence-electron chi connectivity index (χ0n) is 17.3. The van der Waals surface area contributed by atoms with Gasteiger partial charge in [0.2, 0.25) is 0 Å². The number of aliphatic imine (C=N–C) groups is 1. The molecule has 2 aromatic carbocycles. The molecule has 2 aromatic rings. The Morgan fingerprint density at radius 1 is 1.00 bits per heavy atom. The number of anilines is 1. The highest BCUT2D eigenvalue weighted by Crippen LogP contribution is 2.24. The monoisotopic (exact) mass is 588 g/mol. The summed E-state index contributed by atoms with van der Waals surface area (Å²) in [5.74, 6) is 0. The van der Waals surface area contributed by atoms with Gasteiger partial charge in [0.05, 0.1) is 36.4 Å². The molecular weight excluding hydrogens is 567 g/mol. The molecule has 0 N–H and O–H groups in total. The first-order valence-corrected chi connectivity index (χ1v) is 13.8. The van der Waals surface area contributed by atoms with Crippen LogP contribution in [0, 0.1) is 0 Å². The largest absolute Gasteiger partial charge is 0.367 e. The summed E-state index contributed by atoms with van der Waals surface area (Å²) in [6.45, 7) is 0.146. The van der Waals surface area contributed by atoms with Crippen LogP contribution >= 0.6 is 39.9 Å². The third-order valence-electron chi connectivity index (χ3n) is 3.83. The van der Waals surface area contributed by atoms with E-state index in [1.54, 1.807) is 29.3 Å². The second-order valence-corrected chi connectivity index (χ2v) is 11.1. The van der Waals surface area contributed by atoms with Crippen LogP contribution in [-0.2, 0) is 28.6 Å². The Morgan fingerprint density at radius 3 is 2.09 bits per heavy atom. The maximum Gasteiger partial charge on any atom is 0.264 e. The second kappa shape index (κ2) is 12.9. The van der Waals surface area contributed by atoms with Crippen molar-refractivity contribution in [3.05, 3.63) is 57.5 Å². The lowest BCUT2D eigenvalue weighted by Crippen LogP contribution is -2.32. The van der Waals surface area contributed by atoms with Crippen LogP contribution in [0.15, 0.2) is 51.9 Å². The van der Waals surface area contributed by atoms with Gasteiger partial charge >= 0.3 is 0 Å². The SMILES string of the molecule is CS(=O)(=O)OCCN(CCOS(C)(=O)=O)c1ccc(C=Nc2cccc(Br)c2)c(Cl)c1.Cl. The maximum atomic E-state index is 11.2. The van der Waals surface area contributed by atoms with E-state index in [0.29, 0.717) is 16.3 Å². The van der Waals surface area contributed by atoms with Crippen LogP contribution in [0.2, 0.25) is 5.02 Å². The van der Waals surface area contributed by atoms with Crippen LogP contribution in [0.5, 0.6) is 0 Å². The molecule has 0 aliphatic heterocycles. The topological polar surface area (TPSA) is 102 Å². The van der Waals surface area contributed by atoms with Crippen LogP contribution in [-0.4, -0.2) is 61.9 Å². The van der Waals surface area contributed by atoms with Crippen molar-refractivity contribution >= 4 is 77.8 Å². The molecule has 178 valence electrons. The highest BCUT2D eigenvalue weighted by atomic mass is 79.9. The van der Waals surface area contributed by atoms with E-state index < -0.39 is 20.2 Å². The molecule has 0 saturated carbocycles. The van der Waals surface area contributed by atoms with Crippen LogP contribution in [0.3, 0.4) is 0 Å². The fraction of sp³-hybridized carbons (Fsp3) is 0.316. The van der Waals surface area contributed by atoms with Gasteiger partial charge in [0.15, 0.2) is 0 Å². The van der Waals surface area contributed by atoms with Gasteiger partial charge in [0, 0.05) is 35.0 Å². The minimum absolute atomic E-state index is 0. The van der Waals surface area contributed by atoms with Crippen molar-refractivity contribution < 1.29 is 25.2 Å². The molecule has 0 saturated heterocycles. The molecule has 0 fully saturated rings. The molecule has 8 nitrogen and oxygen atoms in total. The average molecular weight is 590 g/mol. The number of halogens is 3. The second-order valence-electron chi connectivity index (χ2n) is 6.48. The Balaban J connectivity index is 0.00000512. The molecule has 0 aromatic heterocycles. The molecule has 0 bridgehead atoms. The Labute approximate surface area is 208 Å². The molecule has 13 heteroatoms. The summed E-state index contributed by atoms with van der Waals surface area (Å²) in [5, 5.41) is 0.425. The molecule has 32 heavy (non-hydrogen) atoms. The molecular formula is C19H23BrCl2N2O6S2. The molecule has 0 aliphatic rings. The average Bonchev–Trinajstić information content (AvgIpc) is 2.64. The summed E-state index contributed by atoms with van der Waals surface area (Å²) >= 11 is 9.80. The Bertz CT molecular complexity index is 1110. The standard InChI is InChI=1S/C19H22BrClN2O6S2.ClH/c1-30(24,25)28-10-8-23(9-11-29-31(2,26)27)18-7-6-15(19(21)13-18)14-22-17-5-3-4-16(20)12-17;/h3-7,12-14H,8-11H2,1-2H3;1H. The minimum Gasteiger partial charge on any atom is -0.367 e. The van der Waals surface area contributed by atoms with Gasteiger partial charge in [-0.1, -0.05) is 33.6 Å². The first-order chi connectivity index (χ1) is 14.4. The van der Waals surface area contributed by atoms with E-state index in [9.17, 15) is 16.8 Å². The molecule has 0 unspecified atom stereocenters. The van der Waals surface area contributed by atoms with Crippen LogP contribution in [0.25, 0.3) is 0 Å². The highest BCUT2D eigenvalue weighted by molar-refractivity contribution is 9.10.